The number of imidazole rings is 1. The zero-order valence-electron chi connectivity index (χ0n) is 13.5. The molecule has 2 unspecified atom stereocenters. The van der Waals surface area contributed by atoms with Gasteiger partial charge in [0.1, 0.15) is 17.7 Å². The van der Waals surface area contributed by atoms with Gasteiger partial charge in [0, 0.05) is 12.0 Å². The fourth-order valence-corrected chi connectivity index (χ4v) is 3.19. The van der Waals surface area contributed by atoms with Gasteiger partial charge >= 0.3 is 5.97 Å². The lowest BCUT2D eigenvalue weighted by atomic mass is 10.2. The second-order valence-electron chi connectivity index (χ2n) is 6.35. The molecular formula is C19H18N2O4. The van der Waals surface area contributed by atoms with Crippen LogP contribution in [0.1, 0.15) is 29.6 Å². The molecule has 0 amide bonds. The number of carboxylic acids is 1. The molecule has 0 radical (unpaired) electrons. The van der Waals surface area contributed by atoms with Gasteiger partial charge in [0.2, 0.25) is 0 Å². The van der Waals surface area contributed by atoms with Crippen molar-refractivity contribution in [3.8, 4) is 17.1 Å². The Kier molecular flexibility index (Phi) is 3.89. The van der Waals surface area contributed by atoms with Crippen LogP contribution < -0.4 is 4.74 Å². The van der Waals surface area contributed by atoms with Crippen LogP contribution >= 0.6 is 0 Å². The number of nitrogens with one attached hydrogen (secondary N) is 1. The molecule has 1 aliphatic rings. The number of carboxylic acid groups (broad SMARTS) is 1. The third-order valence-electron chi connectivity index (χ3n) is 4.52. The number of ether oxygens (including phenoxy) is 1. The summed E-state index contributed by atoms with van der Waals surface area (Å²) in [7, 11) is 0. The summed E-state index contributed by atoms with van der Waals surface area (Å²) < 4.78 is 5.88. The van der Waals surface area contributed by atoms with E-state index < -0.39 is 5.97 Å². The van der Waals surface area contributed by atoms with Gasteiger partial charge in [0.05, 0.1) is 22.7 Å². The minimum absolute atomic E-state index is 0.0708. The van der Waals surface area contributed by atoms with E-state index in [0.717, 1.165) is 29.7 Å². The van der Waals surface area contributed by atoms with Gasteiger partial charge in [0.25, 0.3) is 0 Å². The van der Waals surface area contributed by atoms with Gasteiger partial charge in [-0.2, -0.15) is 0 Å². The SMILES string of the molecule is O=C(O)c1ccc2nc(-c3ccc(OC4CCC(O)C4)cc3)[nH]c2c1. The maximum atomic E-state index is 11.1. The molecule has 1 heterocycles. The summed E-state index contributed by atoms with van der Waals surface area (Å²) in [6, 6.07) is 12.4. The number of aromatic nitrogens is 2. The van der Waals surface area contributed by atoms with Gasteiger partial charge < -0.3 is 19.9 Å². The molecule has 1 aromatic heterocycles. The van der Waals surface area contributed by atoms with Crippen LogP contribution in [0.4, 0.5) is 0 Å². The number of hydrogen-bond donors (Lipinski definition) is 3. The zero-order chi connectivity index (χ0) is 17.4. The minimum Gasteiger partial charge on any atom is -0.490 e. The van der Waals surface area contributed by atoms with Crippen molar-refractivity contribution in [3.05, 3.63) is 48.0 Å². The Labute approximate surface area is 144 Å². The molecule has 25 heavy (non-hydrogen) atoms. The predicted octanol–water partition coefficient (Wildman–Crippen LogP) is 3.22. The summed E-state index contributed by atoms with van der Waals surface area (Å²) >= 11 is 0. The first kappa shape index (κ1) is 15.7. The van der Waals surface area contributed by atoms with Crippen molar-refractivity contribution >= 4 is 17.0 Å². The zero-order valence-corrected chi connectivity index (χ0v) is 13.5. The van der Waals surface area contributed by atoms with E-state index in [4.69, 9.17) is 9.84 Å². The Morgan fingerprint density at radius 2 is 1.96 bits per heavy atom. The van der Waals surface area contributed by atoms with E-state index in [1.54, 1.807) is 18.2 Å². The van der Waals surface area contributed by atoms with Gasteiger partial charge in [-0.15, -0.1) is 0 Å². The second-order valence-corrected chi connectivity index (χ2v) is 6.35. The molecule has 4 rings (SSSR count). The van der Waals surface area contributed by atoms with Crippen LogP contribution in [-0.4, -0.2) is 38.4 Å². The van der Waals surface area contributed by atoms with E-state index in [1.165, 1.54) is 0 Å². The number of carbonyl (C=O) groups is 1. The summed E-state index contributed by atoms with van der Waals surface area (Å²) in [6.07, 6.45) is 2.16. The summed E-state index contributed by atoms with van der Waals surface area (Å²) in [5.74, 6) is 0.490. The Balaban J connectivity index is 1.55. The van der Waals surface area contributed by atoms with Crippen molar-refractivity contribution in [1.82, 2.24) is 9.97 Å². The average molecular weight is 338 g/mol. The summed E-state index contributed by atoms with van der Waals surface area (Å²) in [4.78, 5) is 18.7. The van der Waals surface area contributed by atoms with E-state index in [2.05, 4.69) is 9.97 Å². The molecule has 3 aromatic rings. The fourth-order valence-electron chi connectivity index (χ4n) is 3.19. The number of aromatic carboxylic acids is 1. The van der Waals surface area contributed by atoms with Gasteiger partial charge in [0.15, 0.2) is 0 Å². The molecule has 0 spiro atoms. The number of aromatic amines is 1. The summed E-state index contributed by atoms with van der Waals surface area (Å²) in [5, 5.41) is 18.6. The molecule has 6 nitrogen and oxygen atoms in total. The third kappa shape index (κ3) is 3.21. The first-order valence-electron chi connectivity index (χ1n) is 8.27. The van der Waals surface area contributed by atoms with Gasteiger partial charge in [-0.3, -0.25) is 0 Å². The van der Waals surface area contributed by atoms with Crippen molar-refractivity contribution in [2.45, 2.75) is 31.5 Å². The van der Waals surface area contributed by atoms with Crippen LogP contribution in [-0.2, 0) is 0 Å². The van der Waals surface area contributed by atoms with Crippen LogP contribution in [0.5, 0.6) is 5.75 Å². The van der Waals surface area contributed by atoms with Gasteiger partial charge in [-0.25, -0.2) is 9.78 Å². The highest BCUT2D eigenvalue weighted by molar-refractivity contribution is 5.93. The number of nitrogens with zero attached hydrogens (tertiary/aromatic N) is 1. The highest BCUT2D eigenvalue weighted by atomic mass is 16.5. The molecule has 2 atom stereocenters. The summed E-state index contributed by atoms with van der Waals surface area (Å²) in [5.41, 5.74) is 2.53. The topological polar surface area (TPSA) is 95.4 Å². The van der Waals surface area contributed by atoms with Crippen molar-refractivity contribution in [3.63, 3.8) is 0 Å². The lowest BCUT2D eigenvalue weighted by molar-refractivity contribution is 0.0697. The number of aliphatic hydroxyl groups excluding tert-OH is 1. The number of hydrogen-bond acceptors (Lipinski definition) is 4. The molecule has 1 fully saturated rings. The van der Waals surface area contributed by atoms with Gasteiger partial charge in [-0.1, -0.05) is 0 Å². The molecule has 2 aromatic carbocycles. The smallest absolute Gasteiger partial charge is 0.335 e. The van der Waals surface area contributed by atoms with Crippen LogP contribution in [0, 0.1) is 0 Å². The Morgan fingerprint density at radius 3 is 2.64 bits per heavy atom. The maximum Gasteiger partial charge on any atom is 0.335 e. The maximum absolute atomic E-state index is 11.1. The lowest BCUT2D eigenvalue weighted by Gasteiger charge is -2.13. The molecule has 0 saturated heterocycles. The number of rotatable bonds is 4. The van der Waals surface area contributed by atoms with Gasteiger partial charge in [-0.05, 0) is 55.3 Å². The third-order valence-corrected chi connectivity index (χ3v) is 4.52. The van der Waals surface area contributed by atoms with Crippen molar-refractivity contribution in [1.29, 1.82) is 0 Å². The van der Waals surface area contributed by atoms with Crippen LogP contribution in [0.3, 0.4) is 0 Å². The Morgan fingerprint density at radius 1 is 1.16 bits per heavy atom. The van der Waals surface area contributed by atoms with E-state index in [1.807, 2.05) is 24.3 Å². The predicted molar refractivity (Wildman–Crippen MR) is 92.8 cm³/mol. The summed E-state index contributed by atoms with van der Waals surface area (Å²) in [6.45, 7) is 0. The van der Waals surface area contributed by atoms with Crippen molar-refractivity contribution < 1.29 is 19.7 Å². The van der Waals surface area contributed by atoms with E-state index in [9.17, 15) is 9.90 Å². The molecule has 0 aliphatic heterocycles. The average Bonchev–Trinajstić information content (AvgIpc) is 3.20. The highest BCUT2D eigenvalue weighted by Crippen LogP contribution is 2.27. The number of aliphatic hydroxyl groups is 1. The Hall–Kier alpha value is -2.86. The monoisotopic (exact) mass is 338 g/mol. The van der Waals surface area contributed by atoms with Crippen molar-refractivity contribution in [2.24, 2.45) is 0 Å². The van der Waals surface area contributed by atoms with E-state index in [0.29, 0.717) is 17.8 Å². The highest BCUT2D eigenvalue weighted by Gasteiger charge is 2.24. The second kappa shape index (κ2) is 6.22. The van der Waals surface area contributed by atoms with Crippen LogP contribution in [0.15, 0.2) is 42.5 Å². The van der Waals surface area contributed by atoms with Crippen LogP contribution in [0.2, 0.25) is 0 Å². The molecule has 1 saturated carbocycles. The first-order valence-corrected chi connectivity index (χ1v) is 8.27. The largest absolute Gasteiger partial charge is 0.490 e. The minimum atomic E-state index is -0.961. The number of fused-ring (bicyclic) bond motifs is 1. The molecular weight excluding hydrogens is 320 g/mol. The molecule has 0 bridgehead atoms. The quantitative estimate of drug-likeness (QED) is 0.679. The fraction of sp³-hybridized carbons (Fsp3) is 0.263. The first-order chi connectivity index (χ1) is 12.1. The van der Waals surface area contributed by atoms with Crippen molar-refractivity contribution in [2.75, 3.05) is 0 Å². The number of H-pyrrole nitrogens is 1. The standard InChI is InChI=1S/C19H18N2O4/c22-13-4-7-15(10-13)25-14-5-1-11(2-6-14)18-20-16-8-3-12(19(23)24)9-17(16)21-18/h1-3,5-6,8-9,13,15,22H,4,7,10H2,(H,20,21)(H,23,24). The van der Waals surface area contributed by atoms with E-state index in [-0.39, 0.29) is 17.8 Å². The van der Waals surface area contributed by atoms with Crippen LogP contribution in [0.25, 0.3) is 22.4 Å². The number of benzene rings is 2. The molecule has 6 heteroatoms. The molecule has 3 N–H and O–H groups in total. The lowest BCUT2D eigenvalue weighted by Crippen LogP contribution is -2.13. The Bertz CT molecular complexity index is 917. The molecule has 1 aliphatic carbocycles. The molecule has 128 valence electrons. The normalized spacial score (nSPS) is 20.0. The van der Waals surface area contributed by atoms with E-state index >= 15 is 0 Å².